The first-order chi connectivity index (χ1) is 11.4. The summed E-state index contributed by atoms with van der Waals surface area (Å²) in [5.74, 6) is 1.02. The number of fused-ring (bicyclic) bond motifs is 2. The maximum Gasteiger partial charge on any atom is 0.410 e. The lowest BCUT2D eigenvalue weighted by Crippen LogP contribution is -2.64. The molecule has 2 aliphatic heterocycles. The van der Waals surface area contributed by atoms with Gasteiger partial charge in [-0.25, -0.2) is 14.5 Å². The number of carbonyl (C=O) groups is 1. The Hall–Kier alpha value is -1.63. The van der Waals surface area contributed by atoms with Crippen LogP contribution in [0.1, 0.15) is 64.7 Å². The average molecular weight is 333 g/mol. The summed E-state index contributed by atoms with van der Waals surface area (Å²) in [7, 11) is 0. The minimum Gasteiger partial charge on any atom is -0.444 e. The zero-order valence-corrected chi connectivity index (χ0v) is 14.8. The Kier molecular flexibility index (Phi) is 3.60. The Morgan fingerprint density at radius 1 is 1.33 bits per heavy atom. The summed E-state index contributed by atoms with van der Waals surface area (Å²) < 4.78 is 7.52. The smallest absolute Gasteiger partial charge is 0.410 e. The van der Waals surface area contributed by atoms with Gasteiger partial charge in [-0.2, -0.15) is 5.10 Å². The molecule has 24 heavy (non-hydrogen) atoms. The van der Waals surface area contributed by atoms with Crippen LogP contribution in [0.15, 0.2) is 6.33 Å². The summed E-state index contributed by atoms with van der Waals surface area (Å²) in [6.45, 7) is 7.00. The molecule has 3 heterocycles. The molecular weight excluding hydrogens is 306 g/mol. The van der Waals surface area contributed by atoms with Crippen molar-refractivity contribution in [1.29, 1.82) is 0 Å². The molecule has 1 saturated carbocycles. The van der Waals surface area contributed by atoms with Crippen molar-refractivity contribution in [2.75, 3.05) is 13.1 Å². The maximum atomic E-state index is 12.2. The van der Waals surface area contributed by atoms with Gasteiger partial charge in [0.15, 0.2) is 0 Å². The first kappa shape index (κ1) is 15.9. The minimum absolute atomic E-state index is 0.112. The minimum atomic E-state index is -0.458. The van der Waals surface area contributed by atoms with Crippen molar-refractivity contribution in [2.45, 2.75) is 76.1 Å². The number of nitrogens with zero attached hydrogens (tertiary/aromatic N) is 4. The summed E-state index contributed by atoms with van der Waals surface area (Å²) >= 11 is 0. The Morgan fingerprint density at radius 2 is 2.04 bits per heavy atom. The lowest BCUT2D eigenvalue weighted by atomic mass is 9.86. The Bertz CT molecular complexity index is 623. The molecule has 1 N–H and O–H groups in total. The van der Waals surface area contributed by atoms with E-state index in [-0.39, 0.29) is 17.7 Å². The van der Waals surface area contributed by atoms with Crippen molar-refractivity contribution >= 4 is 6.09 Å². The zero-order valence-electron chi connectivity index (χ0n) is 14.8. The lowest BCUT2D eigenvalue weighted by Gasteiger charge is -2.47. The van der Waals surface area contributed by atoms with Crippen molar-refractivity contribution in [2.24, 2.45) is 0 Å². The number of aromatic nitrogens is 3. The van der Waals surface area contributed by atoms with E-state index in [9.17, 15) is 4.79 Å². The third-order valence-electron chi connectivity index (χ3n) is 5.33. The monoisotopic (exact) mass is 333 g/mol. The van der Waals surface area contributed by atoms with Gasteiger partial charge in [0.1, 0.15) is 23.3 Å². The predicted molar refractivity (Wildman–Crippen MR) is 88.6 cm³/mol. The highest BCUT2D eigenvalue weighted by atomic mass is 16.6. The summed E-state index contributed by atoms with van der Waals surface area (Å²) in [5.41, 5.74) is -0.570. The largest absolute Gasteiger partial charge is 0.444 e. The molecular formula is C17H27N5O2. The number of carbonyl (C=O) groups excluding carboxylic acids is 1. The number of ether oxygens (including phenoxy) is 1. The van der Waals surface area contributed by atoms with Crippen LogP contribution in [0.3, 0.4) is 0 Å². The molecule has 4 rings (SSSR count). The standard InChI is InChI=1S/C17H27N5O2/c1-16(2,3)24-15(23)21-9-17(10-21)8-13(14-18-11-19-22(14)17)20-12-6-4-5-7-12/h11-13,20H,4-10H2,1-3H3. The predicted octanol–water partition coefficient (Wildman–Crippen LogP) is 2.20. The van der Waals surface area contributed by atoms with E-state index in [1.54, 1.807) is 11.2 Å². The molecule has 0 bridgehead atoms. The fraction of sp³-hybridized carbons (Fsp3) is 0.824. The van der Waals surface area contributed by atoms with Crippen molar-refractivity contribution in [1.82, 2.24) is 25.0 Å². The van der Waals surface area contributed by atoms with Gasteiger partial charge in [0.05, 0.1) is 19.1 Å². The van der Waals surface area contributed by atoms with Gasteiger partial charge in [0.2, 0.25) is 0 Å². The van der Waals surface area contributed by atoms with E-state index < -0.39 is 5.60 Å². The van der Waals surface area contributed by atoms with Gasteiger partial charge in [-0.15, -0.1) is 0 Å². The fourth-order valence-electron chi connectivity index (χ4n) is 4.30. The number of amides is 1. The molecule has 7 heteroatoms. The van der Waals surface area contributed by atoms with E-state index in [1.165, 1.54) is 25.7 Å². The first-order valence-electron chi connectivity index (χ1n) is 9.01. The highest BCUT2D eigenvalue weighted by molar-refractivity contribution is 5.69. The van der Waals surface area contributed by atoms with Crippen molar-refractivity contribution < 1.29 is 9.53 Å². The number of nitrogens with one attached hydrogen (secondary N) is 1. The summed E-state index contributed by atoms with van der Waals surface area (Å²) in [5, 5.41) is 8.22. The number of rotatable bonds is 2. The van der Waals surface area contributed by atoms with Crippen molar-refractivity contribution in [3.05, 3.63) is 12.2 Å². The van der Waals surface area contributed by atoms with E-state index in [2.05, 4.69) is 15.4 Å². The molecule has 7 nitrogen and oxygen atoms in total. The maximum absolute atomic E-state index is 12.2. The molecule has 132 valence electrons. The third kappa shape index (κ3) is 2.68. The van der Waals surface area contributed by atoms with E-state index in [1.807, 2.05) is 25.5 Å². The number of likely N-dealkylation sites (tertiary alicyclic amines) is 1. The number of hydrogen-bond donors (Lipinski definition) is 1. The molecule has 2 fully saturated rings. The van der Waals surface area contributed by atoms with Crippen LogP contribution in [0.4, 0.5) is 4.79 Å². The van der Waals surface area contributed by atoms with Crippen LogP contribution >= 0.6 is 0 Å². The normalized spacial score (nSPS) is 25.8. The Balaban J connectivity index is 1.43. The highest BCUT2D eigenvalue weighted by Crippen LogP contribution is 2.44. The zero-order chi connectivity index (χ0) is 16.9. The quantitative estimate of drug-likeness (QED) is 0.898. The van der Waals surface area contributed by atoms with Gasteiger partial charge in [0.25, 0.3) is 0 Å². The molecule has 1 aromatic rings. The van der Waals surface area contributed by atoms with Gasteiger partial charge >= 0.3 is 6.09 Å². The van der Waals surface area contributed by atoms with E-state index in [0.717, 1.165) is 12.2 Å². The van der Waals surface area contributed by atoms with E-state index in [4.69, 9.17) is 4.74 Å². The van der Waals surface area contributed by atoms with E-state index >= 15 is 0 Å². The Labute approximate surface area is 142 Å². The van der Waals surface area contributed by atoms with Crippen LogP contribution in [-0.4, -0.2) is 50.5 Å². The molecule has 1 unspecified atom stereocenters. The second kappa shape index (κ2) is 5.44. The van der Waals surface area contributed by atoms with Crippen molar-refractivity contribution in [3.63, 3.8) is 0 Å². The van der Waals surface area contributed by atoms with Gasteiger partial charge < -0.3 is 15.0 Å². The Morgan fingerprint density at radius 3 is 2.71 bits per heavy atom. The topological polar surface area (TPSA) is 72.3 Å². The van der Waals surface area contributed by atoms with Crippen LogP contribution in [0.25, 0.3) is 0 Å². The van der Waals surface area contributed by atoms with Crippen LogP contribution in [0.5, 0.6) is 0 Å². The van der Waals surface area contributed by atoms with Crippen molar-refractivity contribution in [3.8, 4) is 0 Å². The average Bonchev–Trinajstić information content (AvgIpc) is 3.12. The second-order valence-corrected chi connectivity index (χ2v) is 8.50. The molecule has 1 aliphatic carbocycles. The van der Waals surface area contributed by atoms with Gasteiger partial charge in [-0.1, -0.05) is 12.8 Å². The molecule has 1 aromatic heterocycles. The van der Waals surface area contributed by atoms with Crippen LogP contribution in [0, 0.1) is 0 Å². The van der Waals surface area contributed by atoms with Gasteiger partial charge in [-0.3, -0.25) is 0 Å². The summed E-state index contributed by atoms with van der Waals surface area (Å²) in [4.78, 5) is 18.5. The number of hydrogen-bond acceptors (Lipinski definition) is 5. The molecule has 1 atom stereocenters. The molecule has 0 radical (unpaired) electrons. The highest BCUT2D eigenvalue weighted by Gasteiger charge is 2.55. The second-order valence-electron chi connectivity index (χ2n) is 8.50. The third-order valence-corrected chi connectivity index (χ3v) is 5.33. The van der Waals surface area contributed by atoms with E-state index in [0.29, 0.717) is 19.1 Å². The van der Waals surface area contributed by atoms with Crippen LogP contribution < -0.4 is 5.32 Å². The molecule has 1 saturated heterocycles. The molecule has 1 amide bonds. The first-order valence-corrected chi connectivity index (χ1v) is 9.01. The SMILES string of the molecule is CC(C)(C)OC(=O)N1CC2(CC(NC3CCCC3)c3ncnn32)C1. The summed E-state index contributed by atoms with van der Waals surface area (Å²) in [6.07, 6.45) is 7.49. The van der Waals surface area contributed by atoms with Gasteiger partial charge in [-0.05, 0) is 40.0 Å². The van der Waals surface area contributed by atoms with Gasteiger partial charge in [0, 0.05) is 6.04 Å². The molecule has 0 aromatic carbocycles. The molecule has 3 aliphatic rings. The van der Waals surface area contributed by atoms with Crippen LogP contribution in [-0.2, 0) is 10.3 Å². The van der Waals surface area contributed by atoms with Crippen LogP contribution in [0.2, 0.25) is 0 Å². The fourth-order valence-corrected chi connectivity index (χ4v) is 4.30. The lowest BCUT2D eigenvalue weighted by molar-refractivity contribution is -0.0315. The summed E-state index contributed by atoms with van der Waals surface area (Å²) in [6, 6.07) is 0.841. The molecule has 1 spiro atoms.